The molecule has 3 heteroatoms. The van der Waals surface area contributed by atoms with Crippen LogP contribution in [-0.2, 0) is 0 Å². The molecule has 4 rings (SSSR count). The van der Waals surface area contributed by atoms with E-state index in [-0.39, 0.29) is 6.04 Å². The molecule has 3 aromatic carbocycles. The second-order valence-electron chi connectivity index (χ2n) is 7.01. The molecule has 0 bridgehead atoms. The highest BCUT2D eigenvalue weighted by Gasteiger charge is 2.18. The van der Waals surface area contributed by atoms with E-state index in [9.17, 15) is 0 Å². The fourth-order valence-electron chi connectivity index (χ4n) is 3.42. The molecule has 2 N–H and O–H groups in total. The Hall–Kier alpha value is -3.07. The molecule has 0 aliphatic rings. The molecule has 130 valence electrons. The molecule has 0 aliphatic carbocycles. The summed E-state index contributed by atoms with van der Waals surface area (Å²) in [6, 6.07) is 23.3. The number of nitrogens with zero attached hydrogens (tertiary/aromatic N) is 2. The SMILES string of the molecule is Cc1ccc([C@H](C)n2c(-c3ccc(N)cc3)nc3ccc(C)cc32)cc1. The van der Waals surface area contributed by atoms with Crippen molar-refractivity contribution < 1.29 is 0 Å². The molecule has 1 atom stereocenters. The number of anilines is 1. The summed E-state index contributed by atoms with van der Waals surface area (Å²) < 4.78 is 2.33. The Balaban J connectivity index is 1.95. The topological polar surface area (TPSA) is 43.8 Å². The van der Waals surface area contributed by atoms with Gasteiger partial charge in [0.05, 0.1) is 17.1 Å². The van der Waals surface area contributed by atoms with Crippen molar-refractivity contribution in [2.75, 3.05) is 5.73 Å². The number of benzene rings is 3. The lowest BCUT2D eigenvalue weighted by Crippen LogP contribution is -2.08. The Bertz CT molecular complexity index is 1060. The van der Waals surface area contributed by atoms with Crippen molar-refractivity contribution in [3.8, 4) is 11.4 Å². The van der Waals surface area contributed by atoms with E-state index in [1.165, 1.54) is 16.7 Å². The van der Waals surface area contributed by atoms with Crippen LogP contribution < -0.4 is 5.73 Å². The normalized spacial score (nSPS) is 12.4. The van der Waals surface area contributed by atoms with Crippen LogP contribution in [-0.4, -0.2) is 9.55 Å². The Morgan fingerprint density at radius 2 is 1.50 bits per heavy atom. The average Bonchev–Trinajstić information content (AvgIpc) is 3.01. The predicted octanol–water partition coefficient (Wildman–Crippen LogP) is 5.51. The molecule has 3 nitrogen and oxygen atoms in total. The van der Waals surface area contributed by atoms with Gasteiger partial charge in [0.15, 0.2) is 0 Å². The highest BCUT2D eigenvalue weighted by molar-refractivity contribution is 5.82. The first kappa shape index (κ1) is 16.4. The highest BCUT2D eigenvalue weighted by atomic mass is 15.1. The van der Waals surface area contributed by atoms with Gasteiger partial charge in [0.2, 0.25) is 0 Å². The van der Waals surface area contributed by atoms with Gasteiger partial charge in [-0.15, -0.1) is 0 Å². The zero-order valence-electron chi connectivity index (χ0n) is 15.4. The van der Waals surface area contributed by atoms with Crippen molar-refractivity contribution in [2.45, 2.75) is 26.8 Å². The second-order valence-corrected chi connectivity index (χ2v) is 7.01. The summed E-state index contributed by atoms with van der Waals surface area (Å²) >= 11 is 0. The first-order chi connectivity index (χ1) is 12.5. The monoisotopic (exact) mass is 341 g/mol. The molecular weight excluding hydrogens is 318 g/mol. The smallest absolute Gasteiger partial charge is 0.141 e. The standard InChI is InChI=1S/C23H23N3/c1-15-4-7-18(8-5-15)17(3)26-22-14-16(2)6-13-21(22)25-23(26)19-9-11-20(24)12-10-19/h4-14,17H,24H2,1-3H3/t17-/m0/s1. The number of nitrogen functional groups attached to an aromatic ring is 1. The van der Waals surface area contributed by atoms with Crippen LogP contribution in [0.1, 0.15) is 29.7 Å². The van der Waals surface area contributed by atoms with Crippen LogP contribution in [0.4, 0.5) is 5.69 Å². The first-order valence-electron chi connectivity index (χ1n) is 8.94. The molecule has 0 aliphatic heterocycles. The molecule has 26 heavy (non-hydrogen) atoms. The Labute approximate surface area is 154 Å². The molecule has 0 spiro atoms. The predicted molar refractivity (Wildman–Crippen MR) is 109 cm³/mol. The van der Waals surface area contributed by atoms with E-state index in [1.54, 1.807) is 0 Å². The van der Waals surface area contributed by atoms with E-state index in [1.807, 2.05) is 24.3 Å². The lowest BCUT2D eigenvalue weighted by molar-refractivity contribution is 0.665. The van der Waals surface area contributed by atoms with Crippen LogP contribution in [0.5, 0.6) is 0 Å². The Morgan fingerprint density at radius 3 is 2.19 bits per heavy atom. The summed E-state index contributed by atoms with van der Waals surface area (Å²) in [6.07, 6.45) is 0. The highest BCUT2D eigenvalue weighted by Crippen LogP contribution is 2.32. The number of aromatic nitrogens is 2. The zero-order chi connectivity index (χ0) is 18.3. The number of rotatable bonds is 3. The third-order valence-corrected chi connectivity index (χ3v) is 4.96. The van der Waals surface area contributed by atoms with E-state index < -0.39 is 0 Å². The summed E-state index contributed by atoms with van der Waals surface area (Å²) in [7, 11) is 0. The average molecular weight is 341 g/mol. The zero-order valence-corrected chi connectivity index (χ0v) is 15.4. The van der Waals surface area contributed by atoms with Gasteiger partial charge in [-0.1, -0.05) is 35.9 Å². The number of hydrogen-bond donors (Lipinski definition) is 1. The van der Waals surface area contributed by atoms with Gasteiger partial charge in [-0.05, 0) is 68.3 Å². The van der Waals surface area contributed by atoms with E-state index in [2.05, 4.69) is 67.8 Å². The Kier molecular flexibility index (Phi) is 4.00. The van der Waals surface area contributed by atoms with Gasteiger partial charge in [0.1, 0.15) is 5.82 Å². The number of fused-ring (bicyclic) bond motifs is 1. The van der Waals surface area contributed by atoms with Gasteiger partial charge < -0.3 is 10.3 Å². The van der Waals surface area contributed by atoms with Crippen molar-refractivity contribution in [1.82, 2.24) is 9.55 Å². The van der Waals surface area contributed by atoms with Gasteiger partial charge in [-0.25, -0.2) is 4.98 Å². The van der Waals surface area contributed by atoms with Gasteiger partial charge in [0, 0.05) is 11.3 Å². The molecule has 1 aromatic heterocycles. The van der Waals surface area contributed by atoms with Crippen molar-refractivity contribution in [3.05, 3.63) is 83.4 Å². The minimum absolute atomic E-state index is 0.176. The quantitative estimate of drug-likeness (QED) is 0.499. The minimum atomic E-state index is 0.176. The van der Waals surface area contributed by atoms with Crippen molar-refractivity contribution in [2.24, 2.45) is 0 Å². The number of aryl methyl sites for hydroxylation is 2. The third-order valence-electron chi connectivity index (χ3n) is 4.96. The van der Waals surface area contributed by atoms with Gasteiger partial charge >= 0.3 is 0 Å². The summed E-state index contributed by atoms with van der Waals surface area (Å²) in [6.45, 7) is 6.47. The van der Waals surface area contributed by atoms with Gasteiger partial charge in [-0.3, -0.25) is 0 Å². The van der Waals surface area contributed by atoms with E-state index >= 15 is 0 Å². The fraction of sp³-hybridized carbons (Fsp3) is 0.174. The van der Waals surface area contributed by atoms with Gasteiger partial charge in [0.25, 0.3) is 0 Å². The van der Waals surface area contributed by atoms with E-state index in [0.717, 1.165) is 28.1 Å². The van der Waals surface area contributed by atoms with Crippen LogP contribution in [0.15, 0.2) is 66.7 Å². The number of hydrogen-bond acceptors (Lipinski definition) is 2. The maximum atomic E-state index is 5.88. The molecule has 1 heterocycles. The largest absolute Gasteiger partial charge is 0.399 e. The fourth-order valence-corrected chi connectivity index (χ4v) is 3.42. The second kappa shape index (κ2) is 6.34. The van der Waals surface area contributed by atoms with Crippen LogP contribution in [0.3, 0.4) is 0 Å². The molecule has 0 radical (unpaired) electrons. The van der Waals surface area contributed by atoms with Crippen molar-refractivity contribution in [3.63, 3.8) is 0 Å². The van der Waals surface area contributed by atoms with Crippen LogP contribution >= 0.6 is 0 Å². The summed E-state index contributed by atoms with van der Waals surface area (Å²) in [5, 5.41) is 0. The Morgan fingerprint density at radius 1 is 0.846 bits per heavy atom. The van der Waals surface area contributed by atoms with Gasteiger partial charge in [-0.2, -0.15) is 0 Å². The van der Waals surface area contributed by atoms with Crippen LogP contribution in [0, 0.1) is 13.8 Å². The van der Waals surface area contributed by atoms with Crippen LogP contribution in [0.2, 0.25) is 0 Å². The molecule has 0 unspecified atom stereocenters. The molecule has 0 fully saturated rings. The van der Waals surface area contributed by atoms with E-state index in [4.69, 9.17) is 10.7 Å². The maximum absolute atomic E-state index is 5.88. The molecular formula is C23H23N3. The number of imidazole rings is 1. The summed E-state index contributed by atoms with van der Waals surface area (Å²) in [5.41, 5.74) is 13.7. The van der Waals surface area contributed by atoms with Crippen LogP contribution in [0.25, 0.3) is 22.4 Å². The summed E-state index contributed by atoms with van der Waals surface area (Å²) in [4.78, 5) is 4.94. The number of nitrogens with two attached hydrogens (primary N) is 1. The van der Waals surface area contributed by atoms with Crippen molar-refractivity contribution >= 4 is 16.7 Å². The first-order valence-corrected chi connectivity index (χ1v) is 8.94. The molecule has 0 amide bonds. The molecule has 0 saturated heterocycles. The lowest BCUT2D eigenvalue weighted by atomic mass is 10.1. The third kappa shape index (κ3) is 2.86. The lowest BCUT2D eigenvalue weighted by Gasteiger charge is -2.19. The van der Waals surface area contributed by atoms with E-state index in [0.29, 0.717) is 0 Å². The molecule has 4 aromatic rings. The summed E-state index contributed by atoms with van der Waals surface area (Å²) in [5.74, 6) is 0.971. The molecule has 0 saturated carbocycles. The maximum Gasteiger partial charge on any atom is 0.141 e. The minimum Gasteiger partial charge on any atom is -0.399 e. The van der Waals surface area contributed by atoms with Crippen molar-refractivity contribution in [1.29, 1.82) is 0 Å².